The molecule has 5 nitrogen and oxygen atoms in total. The molecule has 0 unspecified atom stereocenters. The van der Waals surface area contributed by atoms with E-state index in [1.807, 2.05) is 42.5 Å². The summed E-state index contributed by atoms with van der Waals surface area (Å²) in [6, 6.07) is 21.0. The van der Waals surface area contributed by atoms with Crippen molar-refractivity contribution in [1.29, 1.82) is 0 Å². The molecule has 28 heavy (non-hydrogen) atoms. The monoisotopic (exact) mass is 395 g/mol. The molecule has 6 heteroatoms. The van der Waals surface area contributed by atoms with Gasteiger partial charge in [-0.25, -0.2) is 8.42 Å². The van der Waals surface area contributed by atoms with Gasteiger partial charge in [-0.05, 0) is 41.0 Å². The molecule has 0 amide bonds. The number of hydrogen-bond acceptors (Lipinski definition) is 5. The number of sulfone groups is 1. The third kappa shape index (κ3) is 3.30. The highest BCUT2D eigenvalue weighted by molar-refractivity contribution is 7.92. The first-order valence-electron chi connectivity index (χ1n) is 9.12. The number of nitrogens with one attached hydrogen (secondary N) is 1. The summed E-state index contributed by atoms with van der Waals surface area (Å²) in [7, 11) is -2.32. The normalized spacial score (nSPS) is 22.2. The summed E-state index contributed by atoms with van der Waals surface area (Å²) in [6.45, 7) is 0. The maximum absolute atomic E-state index is 13.3. The topological polar surface area (TPSA) is 72.5 Å². The Balaban J connectivity index is 1.78. The number of carbonyl (C=O) groups is 1. The van der Waals surface area contributed by atoms with Gasteiger partial charge in [-0.2, -0.15) is 0 Å². The Hall–Kier alpha value is -2.70. The van der Waals surface area contributed by atoms with Crippen molar-refractivity contribution >= 4 is 26.6 Å². The highest BCUT2D eigenvalue weighted by Gasteiger charge is 2.46. The van der Waals surface area contributed by atoms with E-state index in [4.69, 9.17) is 4.74 Å². The van der Waals surface area contributed by atoms with Crippen molar-refractivity contribution in [3.63, 3.8) is 0 Å². The lowest BCUT2D eigenvalue weighted by atomic mass is 10.0. The van der Waals surface area contributed by atoms with Crippen LogP contribution in [-0.4, -0.2) is 32.8 Å². The molecule has 1 aliphatic heterocycles. The van der Waals surface area contributed by atoms with Crippen LogP contribution in [0, 0.1) is 0 Å². The second-order valence-corrected chi connectivity index (χ2v) is 9.13. The highest BCUT2D eigenvalue weighted by Crippen LogP contribution is 2.36. The second kappa shape index (κ2) is 7.37. The Morgan fingerprint density at radius 1 is 0.964 bits per heavy atom. The van der Waals surface area contributed by atoms with Crippen LogP contribution >= 0.6 is 0 Å². The fraction of sp³-hybridized carbons (Fsp3) is 0.227. The smallest absolute Gasteiger partial charge is 0.322 e. The average molecular weight is 395 g/mol. The number of esters is 1. The number of benzene rings is 3. The molecule has 1 saturated heterocycles. The van der Waals surface area contributed by atoms with Gasteiger partial charge >= 0.3 is 5.97 Å². The molecule has 144 valence electrons. The number of carbonyl (C=O) groups excluding carboxylic acids is 1. The molecule has 3 aromatic rings. The van der Waals surface area contributed by atoms with Crippen molar-refractivity contribution in [2.24, 2.45) is 0 Å². The summed E-state index contributed by atoms with van der Waals surface area (Å²) in [5.41, 5.74) is 0.842. The zero-order valence-corrected chi connectivity index (χ0v) is 16.2. The third-order valence-corrected chi connectivity index (χ3v) is 7.50. The first-order valence-corrected chi connectivity index (χ1v) is 10.7. The maximum atomic E-state index is 13.3. The van der Waals surface area contributed by atoms with Crippen molar-refractivity contribution in [2.45, 2.75) is 28.6 Å². The van der Waals surface area contributed by atoms with Crippen LogP contribution in [0.25, 0.3) is 10.8 Å². The molecular formula is C22H21NO4S. The van der Waals surface area contributed by atoms with Gasteiger partial charge in [0.15, 0.2) is 9.84 Å². The number of hydrogen-bond donors (Lipinski definition) is 1. The van der Waals surface area contributed by atoms with Gasteiger partial charge in [-0.3, -0.25) is 10.1 Å². The van der Waals surface area contributed by atoms with Crippen LogP contribution in [0.5, 0.6) is 0 Å². The summed E-state index contributed by atoms with van der Waals surface area (Å²) < 4.78 is 31.6. The van der Waals surface area contributed by atoms with E-state index < -0.39 is 33.1 Å². The lowest BCUT2D eigenvalue weighted by Gasteiger charge is -2.21. The molecule has 4 rings (SSSR count). The van der Waals surface area contributed by atoms with Gasteiger partial charge in [0.25, 0.3) is 0 Å². The number of ether oxygens (including phenoxy) is 1. The minimum Gasteiger partial charge on any atom is -0.468 e. The molecule has 1 aliphatic rings. The standard InChI is InChI=1S/C22H21NO4S/c1-27-22(24)19-14-20(28(25,26)18-9-3-2-4-10-18)21(23-19)17-12-11-15-7-5-6-8-16(15)13-17/h2-13,19-21,23H,14H2,1H3/t19-,20-,21-/m1/s1. The zero-order chi connectivity index (χ0) is 19.7. The number of rotatable bonds is 4. The quantitative estimate of drug-likeness (QED) is 0.687. The van der Waals surface area contributed by atoms with E-state index in [0.717, 1.165) is 16.3 Å². The number of fused-ring (bicyclic) bond motifs is 1. The van der Waals surface area contributed by atoms with Crippen molar-refractivity contribution in [2.75, 3.05) is 7.11 Å². The molecule has 1 heterocycles. The summed E-state index contributed by atoms with van der Waals surface area (Å²) in [5, 5.41) is 4.54. The minimum atomic E-state index is -3.63. The third-order valence-electron chi connectivity index (χ3n) is 5.31. The lowest BCUT2D eigenvalue weighted by molar-refractivity contribution is -0.142. The molecule has 0 spiro atoms. The average Bonchev–Trinajstić information content (AvgIpc) is 3.20. The van der Waals surface area contributed by atoms with Crippen molar-refractivity contribution in [3.8, 4) is 0 Å². The molecule has 0 aromatic heterocycles. The van der Waals surface area contributed by atoms with Crippen LogP contribution in [0.15, 0.2) is 77.7 Å². The maximum Gasteiger partial charge on any atom is 0.322 e. The Morgan fingerprint density at radius 3 is 2.36 bits per heavy atom. The van der Waals surface area contributed by atoms with Gasteiger partial charge in [0, 0.05) is 0 Å². The Kier molecular flexibility index (Phi) is 4.91. The van der Waals surface area contributed by atoms with Crippen molar-refractivity contribution in [1.82, 2.24) is 5.32 Å². The second-order valence-electron chi connectivity index (χ2n) is 6.96. The fourth-order valence-corrected chi connectivity index (χ4v) is 5.80. The van der Waals surface area contributed by atoms with E-state index in [9.17, 15) is 13.2 Å². The zero-order valence-electron chi connectivity index (χ0n) is 15.4. The van der Waals surface area contributed by atoms with Crippen molar-refractivity contribution < 1.29 is 17.9 Å². The van der Waals surface area contributed by atoms with Crippen LogP contribution in [0.2, 0.25) is 0 Å². The fourth-order valence-electron chi connectivity index (χ4n) is 3.87. The van der Waals surface area contributed by atoms with E-state index in [-0.39, 0.29) is 11.3 Å². The van der Waals surface area contributed by atoms with Crippen LogP contribution in [-0.2, 0) is 19.4 Å². The molecule has 0 saturated carbocycles. The molecule has 0 radical (unpaired) electrons. The van der Waals surface area contributed by atoms with Gasteiger partial charge in [0.1, 0.15) is 6.04 Å². The number of methoxy groups -OCH3 is 1. The minimum absolute atomic E-state index is 0.168. The van der Waals surface area contributed by atoms with Crippen LogP contribution in [0.1, 0.15) is 18.0 Å². The predicted molar refractivity (Wildman–Crippen MR) is 108 cm³/mol. The van der Waals surface area contributed by atoms with E-state index >= 15 is 0 Å². The molecule has 3 atom stereocenters. The van der Waals surface area contributed by atoms with E-state index in [1.165, 1.54) is 7.11 Å². The van der Waals surface area contributed by atoms with Gasteiger partial charge in [-0.15, -0.1) is 0 Å². The molecular weight excluding hydrogens is 374 g/mol. The Bertz CT molecular complexity index is 1110. The first kappa shape index (κ1) is 18.7. The summed E-state index contributed by atoms with van der Waals surface area (Å²) in [5.74, 6) is -0.448. The Morgan fingerprint density at radius 2 is 1.64 bits per heavy atom. The predicted octanol–water partition coefficient (Wildman–Crippen LogP) is 3.26. The van der Waals surface area contributed by atoms with Crippen LogP contribution < -0.4 is 5.32 Å². The van der Waals surface area contributed by atoms with Crippen LogP contribution in [0.3, 0.4) is 0 Å². The molecule has 1 fully saturated rings. The summed E-state index contributed by atoms with van der Waals surface area (Å²) in [6.07, 6.45) is 0.168. The van der Waals surface area contributed by atoms with Crippen molar-refractivity contribution in [3.05, 3.63) is 78.4 Å². The van der Waals surface area contributed by atoms with E-state index in [2.05, 4.69) is 5.32 Å². The van der Waals surface area contributed by atoms with Gasteiger partial charge in [0.2, 0.25) is 0 Å². The van der Waals surface area contributed by atoms with Gasteiger partial charge in [0.05, 0.1) is 23.3 Å². The van der Waals surface area contributed by atoms with Crippen LogP contribution in [0.4, 0.5) is 0 Å². The molecule has 0 bridgehead atoms. The Labute approximate surface area is 164 Å². The molecule has 0 aliphatic carbocycles. The lowest BCUT2D eigenvalue weighted by Crippen LogP contribution is -2.33. The van der Waals surface area contributed by atoms with E-state index in [0.29, 0.717) is 0 Å². The highest BCUT2D eigenvalue weighted by atomic mass is 32.2. The van der Waals surface area contributed by atoms with Gasteiger partial charge < -0.3 is 4.74 Å². The SMILES string of the molecule is COC(=O)[C@H]1C[C@@H](S(=O)(=O)c2ccccc2)[C@@H](c2ccc3ccccc3c2)N1. The van der Waals surface area contributed by atoms with Gasteiger partial charge in [-0.1, -0.05) is 54.6 Å². The summed E-state index contributed by atoms with van der Waals surface area (Å²) in [4.78, 5) is 12.4. The first-order chi connectivity index (χ1) is 13.5. The summed E-state index contributed by atoms with van der Waals surface area (Å²) >= 11 is 0. The molecule has 3 aromatic carbocycles. The molecule has 1 N–H and O–H groups in total. The van der Waals surface area contributed by atoms with E-state index in [1.54, 1.807) is 30.3 Å². The largest absolute Gasteiger partial charge is 0.468 e.